The zero-order valence-electron chi connectivity index (χ0n) is 20.2. The fourth-order valence-corrected chi connectivity index (χ4v) is 3.87. The van der Waals surface area contributed by atoms with Gasteiger partial charge in [-0.15, -0.1) is 0 Å². The summed E-state index contributed by atoms with van der Waals surface area (Å²) in [7, 11) is 1.41. The van der Waals surface area contributed by atoms with Crippen molar-refractivity contribution >= 4 is 22.9 Å². The van der Waals surface area contributed by atoms with E-state index >= 15 is 0 Å². The predicted octanol–water partition coefficient (Wildman–Crippen LogP) is 5.17. The molecule has 0 saturated heterocycles. The molecular formula is C27H30O7. The molecule has 2 aromatic carbocycles. The van der Waals surface area contributed by atoms with Gasteiger partial charge in [0.05, 0.1) is 12.5 Å². The molecule has 0 saturated carbocycles. The van der Waals surface area contributed by atoms with Crippen molar-refractivity contribution in [3.63, 3.8) is 0 Å². The highest BCUT2D eigenvalue weighted by Gasteiger charge is 2.34. The zero-order chi connectivity index (χ0) is 24.9. The number of carbonyl (C=O) groups excluding carboxylic acids is 2. The van der Waals surface area contributed by atoms with Crippen LogP contribution in [0, 0.1) is 12.3 Å². The van der Waals surface area contributed by atoms with Crippen molar-refractivity contribution in [3.05, 3.63) is 70.1 Å². The summed E-state index contributed by atoms with van der Waals surface area (Å²) >= 11 is 0. The van der Waals surface area contributed by atoms with E-state index in [9.17, 15) is 14.4 Å². The summed E-state index contributed by atoms with van der Waals surface area (Å²) in [5.41, 5.74) is 1.05. The molecule has 0 fully saturated rings. The van der Waals surface area contributed by atoms with Gasteiger partial charge in [-0.2, -0.15) is 0 Å². The third-order valence-electron chi connectivity index (χ3n) is 6.13. The summed E-state index contributed by atoms with van der Waals surface area (Å²) in [5, 5.41) is 0.707. The second-order valence-electron chi connectivity index (χ2n) is 8.76. The van der Waals surface area contributed by atoms with Gasteiger partial charge in [0.1, 0.15) is 17.1 Å². The summed E-state index contributed by atoms with van der Waals surface area (Å²) in [6, 6.07) is 13.9. The van der Waals surface area contributed by atoms with E-state index in [4.69, 9.17) is 18.6 Å². The van der Waals surface area contributed by atoms with E-state index in [0.29, 0.717) is 40.9 Å². The standard InChI is InChI=1S/C27H30O7/c1-6-27(4,26(30)31-5)15-18(3)19-7-9-21(10-8-19)33-24(28)16-32-22-11-12-23-20(14-22)13-17(2)25(29)34-23/h7-14,18H,6,15-16H2,1-5H3. The smallest absolute Gasteiger partial charge is 0.349 e. The summed E-state index contributed by atoms with van der Waals surface area (Å²) in [6.07, 6.45) is 1.34. The molecule has 3 rings (SSSR count). The molecule has 34 heavy (non-hydrogen) atoms. The Bertz CT molecular complexity index is 1230. The Kier molecular flexibility index (Phi) is 7.76. The van der Waals surface area contributed by atoms with Gasteiger partial charge in [-0.1, -0.05) is 26.0 Å². The number of esters is 2. The molecule has 0 bridgehead atoms. The lowest BCUT2D eigenvalue weighted by atomic mass is 9.77. The molecule has 0 aliphatic rings. The maximum absolute atomic E-state index is 12.2. The summed E-state index contributed by atoms with van der Waals surface area (Å²) in [6.45, 7) is 7.35. The van der Waals surface area contributed by atoms with Crippen molar-refractivity contribution in [2.45, 2.75) is 46.5 Å². The first-order valence-corrected chi connectivity index (χ1v) is 11.2. The molecule has 7 heteroatoms. The summed E-state index contributed by atoms with van der Waals surface area (Å²) < 4.78 is 21.1. The van der Waals surface area contributed by atoms with Crippen molar-refractivity contribution in [3.8, 4) is 11.5 Å². The van der Waals surface area contributed by atoms with Gasteiger partial charge >= 0.3 is 17.6 Å². The van der Waals surface area contributed by atoms with Gasteiger partial charge in [0.15, 0.2) is 6.61 Å². The summed E-state index contributed by atoms with van der Waals surface area (Å²) in [5.74, 6) is 0.246. The van der Waals surface area contributed by atoms with Gasteiger partial charge in [-0.25, -0.2) is 9.59 Å². The third-order valence-corrected chi connectivity index (χ3v) is 6.13. The first-order chi connectivity index (χ1) is 16.1. The van der Waals surface area contributed by atoms with Crippen LogP contribution in [0.15, 0.2) is 57.7 Å². The minimum Gasteiger partial charge on any atom is -0.482 e. The molecule has 0 aliphatic carbocycles. The highest BCUT2D eigenvalue weighted by atomic mass is 16.6. The normalized spacial score (nSPS) is 13.7. The second kappa shape index (κ2) is 10.5. The fraction of sp³-hybridized carbons (Fsp3) is 0.370. The van der Waals surface area contributed by atoms with Crippen LogP contribution in [0.5, 0.6) is 11.5 Å². The first-order valence-electron chi connectivity index (χ1n) is 11.2. The van der Waals surface area contributed by atoms with E-state index in [-0.39, 0.29) is 24.1 Å². The minimum absolute atomic E-state index is 0.123. The molecule has 1 aromatic heterocycles. The number of aryl methyl sites for hydroxylation is 1. The Labute approximate surface area is 198 Å². The highest BCUT2D eigenvalue weighted by Crippen LogP contribution is 2.36. The van der Waals surface area contributed by atoms with Gasteiger partial charge < -0.3 is 18.6 Å². The number of fused-ring (bicyclic) bond motifs is 1. The highest BCUT2D eigenvalue weighted by molar-refractivity contribution is 5.79. The van der Waals surface area contributed by atoms with E-state index in [1.165, 1.54) is 7.11 Å². The van der Waals surface area contributed by atoms with Crippen LogP contribution in [-0.2, 0) is 14.3 Å². The van der Waals surface area contributed by atoms with Crippen LogP contribution in [-0.4, -0.2) is 25.7 Å². The molecule has 0 spiro atoms. The van der Waals surface area contributed by atoms with Gasteiger partial charge in [-0.05, 0) is 74.6 Å². The molecular weight excluding hydrogens is 436 g/mol. The Morgan fingerprint density at radius 3 is 2.38 bits per heavy atom. The van der Waals surface area contributed by atoms with Crippen LogP contribution in [0.1, 0.15) is 50.7 Å². The van der Waals surface area contributed by atoms with E-state index in [0.717, 1.165) is 5.56 Å². The largest absolute Gasteiger partial charge is 0.482 e. The molecule has 180 valence electrons. The molecule has 1 heterocycles. The van der Waals surface area contributed by atoms with Crippen molar-refractivity contribution < 1.29 is 28.2 Å². The van der Waals surface area contributed by atoms with E-state index in [1.807, 2.05) is 26.0 Å². The maximum atomic E-state index is 12.2. The number of carbonyl (C=O) groups is 2. The van der Waals surface area contributed by atoms with Crippen LogP contribution < -0.4 is 15.1 Å². The van der Waals surface area contributed by atoms with Gasteiger partial charge in [-0.3, -0.25) is 4.79 Å². The number of methoxy groups -OCH3 is 1. The Hall–Kier alpha value is -3.61. The van der Waals surface area contributed by atoms with Crippen LogP contribution >= 0.6 is 0 Å². The van der Waals surface area contributed by atoms with E-state index in [1.54, 1.807) is 43.3 Å². The minimum atomic E-state index is -0.552. The number of rotatable bonds is 9. The Morgan fingerprint density at radius 1 is 1.06 bits per heavy atom. The van der Waals surface area contributed by atoms with Gasteiger partial charge in [0.2, 0.25) is 0 Å². The Balaban J connectivity index is 1.57. The summed E-state index contributed by atoms with van der Waals surface area (Å²) in [4.78, 5) is 36.0. The third kappa shape index (κ3) is 5.84. The molecule has 3 aromatic rings. The lowest BCUT2D eigenvalue weighted by Gasteiger charge is -2.28. The first kappa shape index (κ1) is 25.0. The second-order valence-corrected chi connectivity index (χ2v) is 8.76. The molecule has 2 atom stereocenters. The zero-order valence-corrected chi connectivity index (χ0v) is 20.2. The number of benzene rings is 2. The average Bonchev–Trinajstić information content (AvgIpc) is 2.83. The monoisotopic (exact) mass is 466 g/mol. The number of hydrogen-bond donors (Lipinski definition) is 0. The van der Waals surface area contributed by atoms with Gasteiger partial charge in [0, 0.05) is 10.9 Å². The van der Waals surface area contributed by atoms with Crippen molar-refractivity contribution in [1.82, 2.24) is 0 Å². The Morgan fingerprint density at radius 2 is 1.74 bits per heavy atom. The average molecular weight is 467 g/mol. The van der Waals surface area contributed by atoms with Crippen LogP contribution in [0.25, 0.3) is 11.0 Å². The molecule has 0 N–H and O–H groups in total. The lowest BCUT2D eigenvalue weighted by Crippen LogP contribution is -2.30. The number of ether oxygens (including phenoxy) is 3. The fourth-order valence-electron chi connectivity index (χ4n) is 3.87. The predicted molar refractivity (Wildman–Crippen MR) is 128 cm³/mol. The van der Waals surface area contributed by atoms with Crippen molar-refractivity contribution in [1.29, 1.82) is 0 Å². The molecule has 7 nitrogen and oxygen atoms in total. The van der Waals surface area contributed by atoms with Gasteiger partial charge in [0.25, 0.3) is 0 Å². The molecule has 0 aliphatic heterocycles. The maximum Gasteiger partial charge on any atom is 0.349 e. The van der Waals surface area contributed by atoms with E-state index < -0.39 is 11.4 Å². The van der Waals surface area contributed by atoms with Crippen molar-refractivity contribution in [2.75, 3.05) is 13.7 Å². The van der Waals surface area contributed by atoms with Crippen molar-refractivity contribution in [2.24, 2.45) is 5.41 Å². The van der Waals surface area contributed by atoms with Crippen LogP contribution in [0.3, 0.4) is 0 Å². The lowest BCUT2D eigenvalue weighted by molar-refractivity contribution is -0.152. The van der Waals surface area contributed by atoms with Crippen LogP contribution in [0.2, 0.25) is 0 Å². The number of hydrogen-bond acceptors (Lipinski definition) is 7. The van der Waals surface area contributed by atoms with E-state index in [2.05, 4.69) is 6.92 Å². The SMILES string of the molecule is CCC(C)(CC(C)c1ccc(OC(=O)COc2ccc3oc(=O)c(C)cc3c2)cc1)C(=O)OC. The van der Waals surface area contributed by atoms with Crippen LogP contribution in [0.4, 0.5) is 0 Å². The topological polar surface area (TPSA) is 92.0 Å². The quantitative estimate of drug-likeness (QED) is 0.244. The molecule has 2 unspecified atom stereocenters. The molecule has 0 radical (unpaired) electrons. The molecule has 0 amide bonds.